The van der Waals surface area contributed by atoms with Gasteiger partial charge in [-0.05, 0) is 73.6 Å². The van der Waals surface area contributed by atoms with Gasteiger partial charge in [-0.3, -0.25) is 9.48 Å². The first-order chi connectivity index (χ1) is 20.7. The van der Waals surface area contributed by atoms with Crippen molar-refractivity contribution >= 4 is 28.6 Å². The first-order valence-electron chi connectivity index (χ1n) is 14.1. The third kappa shape index (κ3) is 7.12. The molecule has 44 heavy (non-hydrogen) atoms. The highest BCUT2D eigenvalue weighted by atomic mass is 19.4. The highest BCUT2D eigenvalue weighted by Crippen LogP contribution is 2.36. The molecule has 8 nitrogen and oxygen atoms in total. The number of nitrogens with zero attached hydrogens (tertiary/aromatic N) is 4. The number of fused-ring (bicyclic) bond motifs is 1. The Labute approximate surface area is 249 Å². The Morgan fingerprint density at radius 2 is 1.64 bits per heavy atom. The topological polar surface area (TPSA) is 111 Å². The summed E-state index contributed by atoms with van der Waals surface area (Å²) in [6, 6.07) is 7.02. The molecule has 1 fully saturated rings. The molecule has 1 aliphatic rings. The molecule has 0 bridgehead atoms. The van der Waals surface area contributed by atoms with Gasteiger partial charge in [0, 0.05) is 42.3 Å². The lowest BCUT2D eigenvalue weighted by molar-refractivity contribution is -0.143. The Kier molecular flexibility index (Phi) is 8.56. The van der Waals surface area contributed by atoms with Crippen LogP contribution in [0.5, 0.6) is 0 Å². The van der Waals surface area contributed by atoms with Gasteiger partial charge < -0.3 is 16.4 Å². The van der Waals surface area contributed by atoms with E-state index in [1.807, 2.05) is 19.1 Å². The van der Waals surface area contributed by atoms with Gasteiger partial charge in [-0.1, -0.05) is 6.92 Å². The van der Waals surface area contributed by atoms with Crippen molar-refractivity contribution in [1.29, 1.82) is 0 Å². The molecule has 1 amide bonds. The van der Waals surface area contributed by atoms with Crippen molar-refractivity contribution < 1.29 is 31.1 Å². The number of nitrogens with one attached hydrogen (secondary N) is 2. The van der Waals surface area contributed by atoms with E-state index in [9.17, 15) is 31.1 Å². The molecule has 0 radical (unpaired) electrons. The summed E-state index contributed by atoms with van der Waals surface area (Å²) in [4.78, 5) is 22.0. The number of rotatable bonds is 7. The number of carbonyl (C=O) groups excluding carboxylic acids is 1. The number of aromatic nitrogens is 4. The average molecular weight is 620 g/mol. The van der Waals surface area contributed by atoms with Crippen LogP contribution in [-0.4, -0.2) is 37.7 Å². The highest BCUT2D eigenvalue weighted by molar-refractivity contribution is 5.92. The number of nitrogens with two attached hydrogens (primary N) is 1. The number of alkyl halides is 6. The van der Waals surface area contributed by atoms with Crippen molar-refractivity contribution in [3.05, 3.63) is 64.8 Å². The van der Waals surface area contributed by atoms with Crippen LogP contribution in [0.15, 0.2) is 42.6 Å². The Bertz CT molecular complexity index is 1640. The predicted octanol–water partition coefficient (Wildman–Crippen LogP) is 6.49. The molecule has 0 unspecified atom stereocenters. The van der Waals surface area contributed by atoms with Gasteiger partial charge in [0.25, 0.3) is 0 Å². The molecule has 234 valence electrons. The molecule has 1 saturated carbocycles. The summed E-state index contributed by atoms with van der Waals surface area (Å²) < 4.78 is 80.8. The van der Waals surface area contributed by atoms with E-state index in [-0.39, 0.29) is 24.0 Å². The summed E-state index contributed by atoms with van der Waals surface area (Å²) in [6.45, 7) is 2.00. The van der Waals surface area contributed by atoms with Crippen LogP contribution in [0.1, 0.15) is 54.9 Å². The van der Waals surface area contributed by atoms with Gasteiger partial charge in [-0.2, -0.15) is 31.4 Å². The van der Waals surface area contributed by atoms with E-state index in [0.29, 0.717) is 30.2 Å². The Hall–Kier alpha value is -4.20. The third-order valence-corrected chi connectivity index (χ3v) is 7.70. The van der Waals surface area contributed by atoms with E-state index in [2.05, 4.69) is 20.7 Å². The van der Waals surface area contributed by atoms with E-state index in [1.165, 1.54) is 4.68 Å². The molecule has 2 aromatic carbocycles. The normalized spacial score (nSPS) is 17.6. The van der Waals surface area contributed by atoms with Crippen LogP contribution in [0.25, 0.3) is 22.2 Å². The minimum Gasteiger partial charge on any atom is -0.351 e. The minimum absolute atomic E-state index is 0.0237. The SMILES string of the molecule is CCc1cc(-c2cc(NC(=O)Cc3cc(C(F)(F)F)cc(C(F)(F)F)c3)nn2C)cc2cnc(NC3CCC(N)CC3)nc12. The summed E-state index contributed by atoms with van der Waals surface area (Å²) in [7, 11) is 1.66. The summed E-state index contributed by atoms with van der Waals surface area (Å²) in [5.74, 6) is -0.172. The van der Waals surface area contributed by atoms with Crippen molar-refractivity contribution in [3.8, 4) is 11.3 Å². The van der Waals surface area contributed by atoms with Gasteiger partial charge in [-0.25, -0.2) is 9.97 Å². The van der Waals surface area contributed by atoms with Gasteiger partial charge in [0.15, 0.2) is 5.82 Å². The smallest absolute Gasteiger partial charge is 0.351 e. The Balaban J connectivity index is 1.35. The quantitative estimate of drug-likeness (QED) is 0.204. The zero-order chi connectivity index (χ0) is 31.8. The number of anilines is 2. The molecule has 2 aromatic heterocycles. The molecule has 0 aliphatic heterocycles. The van der Waals surface area contributed by atoms with Crippen LogP contribution in [-0.2, 0) is 37.0 Å². The average Bonchev–Trinajstić information content (AvgIpc) is 3.31. The molecule has 14 heteroatoms. The lowest BCUT2D eigenvalue weighted by Crippen LogP contribution is -2.33. The molecule has 4 aromatic rings. The Morgan fingerprint density at radius 1 is 0.977 bits per heavy atom. The van der Waals surface area contributed by atoms with Gasteiger partial charge in [0.2, 0.25) is 11.9 Å². The van der Waals surface area contributed by atoms with Crippen LogP contribution in [0.3, 0.4) is 0 Å². The summed E-state index contributed by atoms with van der Waals surface area (Å²) in [6.07, 6.45) is -4.50. The largest absolute Gasteiger partial charge is 0.416 e. The maximum Gasteiger partial charge on any atom is 0.416 e. The molecule has 0 spiro atoms. The van der Waals surface area contributed by atoms with Crippen molar-refractivity contribution in [1.82, 2.24) is 19.7 Å². The lowest BCUT2D eigenvalue weighted by atomic mass is 9.92. The van der Waals surface area contributed by atoms with E-state index in [0.717, 1.165) is 47.7 Å². The molecular weight excluding hydrogens is 588 g/mol. The fourth-order valence-corrected chi connectivity index (χ4v) is 5.44. The molecule has 0 saturated heterocycles. The number of carbonyl (C=O) groups is 1. The van der Waals surface area contributed by atoms with Gasteiger partial charge in [0.1, 0.15) is 0 Å². The second-order valence-corrected chi connectivity index (χ2v) is 11.1. The van der Waals surface area contributed by atoms with Crippen molar-refractivity contribution in [2.75, 3.05) is 10.6 Å². The van der Waals surface area contributed by atoms with Crippen molar-refractivity contribution in [2.45, 2.75) is 69.9 Å². The first kappa shape index (κ1) is 31.2. The molecule has 4 N–H and O–H groups in total. The van der Waals surface area contributed by atoms with E-state index < -0.39 is 41.4 Å². The third-order valence-electron chi connectivity index (χ3n) is 7.70. The predicted molar refractivity (Wildman–Crippen MR) is 154 cm³/mol. The number of hydrogen-bond acceptors (Lipinski definition) is 6. The zero-order valence-corrected chi connectivity index (χ0v) is 24.0. The first-order valence-corrected chi connectivity index (χ1v) is 14.1. The van der Waals surface area contributed by atoms with Crippen molar-refractivity contribution in [2.24, 2.45) is 12.8 Å². The summed E-state index contributed by atoms with van der Waals surface area (Å²) >= 11 is 0. The van der Waals surface area contributed by atoms with E-state index in [1.54, 1.807) is 19.3 Å². The van der Waals surface area contributed by atoms with Crippen LogP contribution in [0, 0.1) is 0 Å². The number of amides is 1. The molecular formula is C30H31F6N7O. The monoisotopic (exact) mass is 619 g/mol. The maximum absolute atomic E-state index is 13.2. The molecule has 2 heterocycles. The van der Waals surface area contributed by atoms with Crippen molar-refractivity contribution in [3.63, 3.8) is 0 Å². The number of aryl methyl sites for hydroxylation is 2. The fourth-order valence-electron chi connectivity index (χ4n) is 5.44. The lowest BCUT2D eigenvalue weighted by Gasteiger charge is -2.26. The Morgan fingerprint density at radius 3 is 2.25 bits per heavy atom. The highest BCUT2D eigenvalue weighted by Gasteiger charge is 2.37. The van der Waals surface area contributed by atoms with Gasteiger partial charge in [-0.15, -0.1) is 0 Å². The van der Waals surface area contributed by atoms with Crippen LogP contribution < -0.4 is 16.4 Å². The molecule has 5 rings (SSSR count). The summed E-state index contributed by atoms with van der Waals surface area (Å²) in [5, 5.41) is 11.0. The number of benzene rings is 2. The molecule has 0 atom stereocenters. The summed E-state index contributed by atoms with van der Waals surface area (Å²) in [5.41, 5.74) is 5.77. The van der Waals surface area contributed by atoms with Gasteiger partial charge >= 0.3 is 12.4 Å². The second kappa shape index (κ2) is 12.1. The maximum atomic E-state index is 13.2. The van der Waals surface area contributed by atoms with Gasteiger partial charge in [0.05, 0.1) is 28.8 Å². The molecule has 1 aliphatic carbocycles. The van der Waals surface area contributed by atoms with Crippen LogP contribution >= 0.6 is 0 Å². The number of halogens is 6. The fraction of sp³-hybridized carbons (Fsp3) is 0.400. The van der Waals surface area contributed by atoms with E-state index >= 15 is 0 Å². The minimum atomic E-state index is -5.01. The van der Waals surface area contributed by atoms with Crippen LogP contribution in [0.4, 0.5) is 38.1 Å². The standard InChI is InChI=1S/C30H31F6N7O/c1-3-17-11-18(12-19-15-38-28(41-27(17)19)39-23-6-4-22(37)5-7-23)24-14-25(42-43(24)2)40-26(44)10-16-8-20(29(31,32)33)13-21(9-16)30(34,35)36/h8-9,11-15,22-23H,3-7,10,37H2,1-2H3,(H,38,39,41)(H,40,42,44). The number of hydrogen-bond donors (Lipinski definition) is 3. The zero-order valence-electron chi connectivity index (χ0n) is 24.0. The second-order valence-electron chi connectivity index (χ2n) is 11.1. The van der Waals surface area contributed by atoms with E-state index in [4.69, 9.17) is 10.7 Å². The van der Waals surface area contributed by atoms with Crippen LogP contribution in [0.2, 0.25) is 0 Å².